The third-order valence-electron chi connectivity index (χ3n) is 14.5. The Balaban J connectivity index is 2.65. The topological polar surface area (TPSA) is 175 Å². The summed E-state index contributed by atoms with van der Waals surface area (Å²) >= 11 is 0. The molecule has 1 aliphatic rings. The molecule has 1 saturated heterocycles. The van der Waals surface area contributed by atoms with E-state index in [0.717, 1.165) is 83.5 Å². The number of hydrogen-bond donors (Lipinski definition) is 6. The number of ether oxygens (including phenoxy) is 3. The van der Waals surface area contributed by atoms with Gasteiger partial charge in [-0.1, -0.05) is 243 Å². The summed E-state index contributed by atoms with van der Waals surface area (Å²) in [6.45, 7) is 5.68. The van der Waals surface area contributed by atoms with Crippen LogP contribution in [0.5, 0.6) is 0 Å². The Bertz CT molecular complexity index is 1390. The molecule has 74 heavy (non-hydrogen) atoms. The van der Waals surface area contributed by atoms with E-state index in [2.05, 4.69) is 62.5 Å². The highest BCUT2D eigenvalue weighted by Gasteiger charge is 2.47. The van der Waals surface area contributed by atoms with Crippen molar-refractivity contribution >= 4 is 11.9 Å². The van der Waals surface area contributed by atoms with Crippen LogP contribution in [0.3, 0.4) is 0 Å². The van der Waals surface area contributed by atoms with E-state index in [-0.39, 0.29) is 13.0 Å². The molecule has 1 amide bonds. The summed E-state index contributed by atoms with van der Waals surface area (Å²) in [6, 6.07) is -1.02. The summed E-state index contributed by atoms with van der Waals surface area (Å²) in [4.78, 5) is 26.5. The van der Waals surface area contributed by atoms with Gasteiger partial charge in [-0.05, 0) is 77.0 Å². The van der Waals surface area contributed by atoms with E-state index in [9.17, 15) is 35.1 Å². The van der Waals surface area contributed by atoms with Crippen molar-refractivity contribution < 1.29 is 49.3 Å². The van der Waals surface area contributed by atoms with Crippen molar-refractivity contribution in [3.05, 3.63) is 48.6 Å². The minimum absolute atomic E-state index is 0.115. The van der Waals surface area contributed by atoms with Crippen LogP contribution in [0.25, 0.3) is 0 Å². The molecule has 0 radical (unpaired) electrons. The van der Waals surface area contributed by atoms with Gasteiger partial charge in [-0.2, -0.15) is 0 Å². The zero-order valence-corrected chi connectivity index (χ0v) is 47.7. The molecule has 0 aromatic carbocycles. The molecule has 0 aromatic heterocycles. The van der Waals surface area contributed by atoms with Gasteiger partial charge in [-0.3, -0.25) is 9.59 Å². The van der Waals surface area contributed by atoms with Gasteiger partial charge in [0, 0.05) is 6.42 Å². The van der Waals surface area contributed by atoms with Gasteiger partial charge in [0.25, 0.3) is 0 Å². The van der Waals surface area contributed by atoms with Crippen molar-refractivity contribution in [3.8, 4) is 0 Å². The predicted octanol–water partition coefficient (Wildman–Crippen LogP) is 14.4. The molecule has 6 N–H and O–H groups in total. The Morgan fingerprint density at radius 2 is 0.973 bits per heavy atom. The highest BCUT2D eigenvalue weighted by atomic mass is 16.7. The maximum absolute atomic E-state index is 13.4. The summed E-state index contributed by atoms with van der Waals surface area (Å²) in [7, 11) is 0. The maximum atomic E-state index is 13.4. The van der Waals surface area contributed by atoms with E-state index in [4.69, 9.17) is 14.2 Å². The van der Waals surface area contributed by atoms with Crippen molar-refractivity contribution in [2.75, 3.05) is 13.2 Å². The lowest BCUT2D eigenvalue weighted by atomic mass is 9.99. The SMILES string of the molecule is CC/C=C/C/C=C/CCCCCCCCCC(=O)OC1C(OCC(NC(=O)C(O)CCCCCCCCCCCC/C=C/CCCCCCCC)C(O)/C=C/CCCCCCCCCCC)OC(CO)C(O)C1O. The molecule has 0 spiro atoms. The fourth-order valence-electron chi connectivity index (χ4n) is 9.57. The second-order valence-corrected chi connectivity index (χ2v) is 21.4. The maximum Gasteiger partial charge on any atom is 0.306 e. The summed E-state index contributed by atoms with van der Waals surface area (Å²) < 4.78 is 17.6. The fourth-order valence-corrected chi connectivity index (χ4v) is 9.57. The second-order valence-electron chi connectivity index (χ2n) is 21.4. The first-order valence-corrected chi connectivity index (χ1v) is 30.9. The van der Waals surface area contributed by atoms with Crippen LogP contribution in [0.1, 0.15) is 278 Å². The third-order valence-corrected chi connectivity index (χ3v) is 14.5. The molecule has 1 aliphatic heterocycles. The number of allylic oxidation sites excluding steroid dienone is 7. The number of esters is 1. The third kappa shape index (κ3) is 39.1. The molecule has 432 valence electrons. The number of rotatable bonds is 52. The van der Waals surface area contributed by atoms with Crippen LogP contribution >= 0.6 is 0 Å². The van der Waals surface area contributed by atoms with Crippen LogP contribution in [0.2, 0.25) is 0 Å². The normalized spacial score (nSPS) is 19.6. The van der Waals surface area contributed by atoms with Crippen molar-refractivity contribution in [3.63, 3.8) is 0 Å². The van der Waals surface area contributed by atoms with E-state index in [1.807, 2.05) is 6.08 Å². The molecular formula is C63H115NO10. The molecule has 0 aromatic rings. The van der Waals surface area contributed by atoms with Gasteiger partial charge >= 0.3 is 5.97 Å². The van der Waals surface area contributed by atoms with Crippen LogP contribution in [0.4, 0.5) is 0 Å². The van der Waals surface area contributed by atoms with Crippen LogP contribution in [0, 0.1) is 0 Å². The minimum Gasteiger partial charge on any atom is -0.454 e. The number of carbonyl (C=O) groups is 2. The van der Waals surface area contributed by atoms with Gasteiger partial charge in [0.15, 0.2) is 12.4 Å². The molecule has 8 atom stereocenters. The molecule has 11 nitrogen and oxygen atoms in total. The standard InChI is InChI=1S/C63H115NO10/c1-4-7-10-13-16-19-22-24-26-27-28-29-30-31-32-35-38-41-44-47-50-56(67)62(71)64-54(55(66)49-46-43-40-37-34-21-18-15-12-9-6-3)53-72-63-61(60(70)59(69)57(52-65)73-63)74-58(68)51-48-45-42-39-36-33-25-23-20-17-14-11-8-5-2/h8,11,17,20,24,26,46,49,54-57,59-61,63,65-67,69-70H,4-7,9-10,12-16,18-19,21-23,25,27-45,47-48,50-53H2,1-3H3,(H,64,71)/b11-8+,20-17+,26-24+,49-46+. The summed E-state index contributed by atoms with van der Waals surface area (Å²) in [5.74, 6) is -1.20. The lowest BCUT2D eigenvalue weighted by Crippen LogP contribution is -2.61. The van der Waals surface area contributed by atoms with E-state index in [1.165, 1.54) is 148 Å². The zero-order valence-electron chi connectivity index (χ0n) is 47.7. The number of aliphatic hydroxyl groups excluding tert-OH is 5. The Hall–Kier alpha value is -2.38. The lowest BCUT2D eigenvalue weighted by molar-refractivity contribution is -0.305. The zero-order chi connectivity index (χ0) is 54.0. The van der Waals surface area contributed by atoms with E-state index >= 15 is 0 Å². The number of hydrogen-bond acceptors (Lipinski definition) is 10. The largest absolute Gasteiger partial charge is 0.454 e. The fraction of sp³-hybridized carbons (Fsp3) is 0.841. The summed E-state index contributed by atoms with van der Waals surface area (Å²) in [5, 5.41) is 56.9. The first-order chi connectivity index (χ1) is 36.2. The Morgan fingerprint density at radius 3 is 1.46 bits per heavy atom. The molecule has 8 unspecified atom stereocenters. The molecule has 0 aliphatic carbocycles. The molecule has 1 heterocycles. The van der Waals surface area contributed by atoms with Crippen LogP contribution in [-0.4, -0.2) is 99.6 Å². The van der Waals surface area contributed by atoms with Crippen LogP contribution < -0.4 is 5.32 Å². The average molecular weight is 1050 g/mol. The highest BCUT2D eigenvalue weighted by Crippen LogP contribution is 2.26. The number of carbonyl (C=O) groups excluding carboxylic acids is 2. The van der Waals surface area contributed by atoms with Crippen LogP contribution in [0.15, 0.2) is 48.6 Å². The number of nitrogens with one attached hydrogen (secondary N) is 1. The number of amides is 1. The van der Waals surface area contributed by atoms with Gasteiger partial charge in [0.2, 0.25) is 5.91 Å². The van der Waals surface area contributed by atoms with Gasteiger partial charge < -0.3 is 45.1 Å². The lowest BCUT2D eigenvalue weighted by Gasteiger charge is -2.41. The number of aliphatic hydroxyl groups is 5. The van der Waals surface area contributed by atoms with Gasteiger partial charge in [0.05, 0.1) is 25.4 Å². The van der Waals surface area contributed by atoms with Gasteiger partial charge in [-0.15, -0.1) is 0 Å². The Kier molecular flexibility index (Phi) is 48.3. The highest BCUT2D eigenvalue weighted by molar-refractivity contribution is 5.80. The molecule has 0 bridgehead atoms. The average Bonchev–Trinajstić information content (AvgIpc) is 3.40. The molecular weight excluding hydrogens is 931 g/mol. The van der Waals surface area contributed by atoms with E-state index in [0.29, 0.717) is 19.3 Å². The first-order valence-electron chi connectivity index (χ1n) is 30.9. The minimum atomic E-state index is -1.62. The predicted molar refractivity (Wildman–Crippen MR) is 306 cm³/mol. The van der Waals surface area contributed by atoms with Crippen molar-refractivity contribution in [1.29, 1.82) is 0 Å². The quantitative estimate of drug-likeness (QED) is 0.0195. The van der Waals surface area contributed by atoms with Crippen molar-refractivity contribution in [1.82, 2.24) is 5.32 Å². The van der Waals surface area contributed by atoms with Crippen molar-refractivity contribution in [2.45, 2.75) is 327 Å². The number of unbranched alkanes of at least 4 members (excludes halogenated alkanes) is 32. The smallest absolute Gasteiger partial charge is 0.306 e. The summed E-state index contributed by atoms with van der Waals surface area (Å²) in [5.41, 5.74) is 0. The molecule has 1 fully saturated rings. The van der Waals surface area contributed by atoms with Crippen molar-refractivity contribution in [2.24, 2.45) is 0 Å². The first kappa shape index (κ1) is 69.6. The molecule has 1 rings (SSSR count). The van der Waals surface area contributed by atoms with Crippen LogP contribution in [-0.2, 0) is 23.8 Å². The Labute approximate surface area is 453 Å². The van der Waals surface area contributed by atoms with Gasteiger partial charge in [-0.25, -0.2) is 0 Å². The Morgan fingerprint density at radius 1 is 0.541 bits per heavy atom. The molecule has 11 heteroatoms. The van der Waals surface area contributed by atoms with E-state index in [1.54, 1.807) is 6.08 Å². The monoisotopic (exact) mass is 1050 g/mol. The second kappa shape index (κ2) is 51.4. The summed E-state index contributed by atoms with van der Waals surface area (Å²) in [6.07, 6.45) is 51.6. The van der Waals surface area contributed by atoms with Gasteiger partial charge in [0.1, 0.15) is 24.4 Å². The molecule has 0 saturated carbocycles. The van der Waals surface area contributed by atoms with E-state index < -0.39 is 67.4 Å².